The summed E-state index contributed by atoms with van der Waals surface area (Å²) in [6.07, 6.45) is 1.76. The number of benzene rings is 2. The third-order valence-electron chi connectivity index (χ3n) is 3.51. The van der Waals surface area contributed by atoms with E-state index in [0.717, 1.165) is 21.0 Å². The van der Waals surface area contributed by atoms with E-state index in [1.807, 2.05) is 24.3 Å². The largest absolute Gasteiger partial charge is 0.493 e. The maximum absolute atomic E-state index is 9.12. The van der Waals surface area contributed by atoms with E-state index in [1.165, 1.54) is 0 Å². The van der Waals surface area contributed by atoms with Crippen LogP contribution in [-0.2, 0) is 0 Å². The van der Waals surface area contributed by atoms with Crippen LogP contribution in [0.25, 0.3) is 22.0 Å². The van der Waals surface area contributed by atoms with Gasteiger partial charge in [-0.1, -0.05) is 12.1 Å². The highest BCUT2D eigenvalue weighted by atomic mass is 79.9. The molecule has 0 atom stereocenters. The van der Waals surface area contributed by atoms with Gasteiger partial charge in [-0.05, 0) is 45.3 Å². The summed E-state index contributed by atoms with van der Waals surface area (Å²) in [5.41, 5.74) is 3.18. The molecule has 3 rings (SSSR count). The van der Waals surface area contributed by atoms with Gasteiger partial charge in [0.1, 0.15) is 5.52 Å². The number of aromatic nitrogens is 2. The number of hydrogen-bond acceptors (Lipinski definition) is 5. The van der Waals surface area contributed by atoms with Crippen LogP contribution in [0, 0.1) is 11.3 Å². The van der Waals surface area contributed by atoms with Crippen LogP contribution >= 0.6 is 15.9 Å². The zero-order valence-corrected chi connectivity index (χ0v) is 14.2. The second kappa shape index (κ2) is 6.23. The molecule has 114 valence electrons. The van der Waals surface area contributed by atoms with Gasteiger partial charge in [0, 0.05) is 18.6 Å². The van der Waals surface area contributed by atoms with Crippen molar-refractivity contribution < 1.29 is 4.74 Å². The fourth-order valence-electron chi connectivity index (χ4n) is 2.44. The molecule has 0 saturated heterocycles. The molecule has 6 heteroatoms. The summed E-state index contributed by atoms with van der Waals surface area (Å²) in [6, 6.07) is 11.6. The fourth-order valence-corrected chi connectivity index (χ4v) is 3.02. The van der Waals surface area contributed by atoms with Crippen molar-refractivity contribution in [1.82, 2.24) is 9.97 Å². The predicted octanol–water partition coefficient (Wildman–Crippen LogP) is 3.98. The molecular formula is C17H13BrN4O. The molecule has 1 aromatic heterocycles. The number of rotatable bonds is 3. The predicted molar refractivity (Wildman–Crippen MR) is 93.5 cm³/mol. The van der Waals surface area contributed by atoms with Crippen LogP contribution < -0.4 is 10.1 Å². The number of nitrogens with zero attached hydrogens (tertiary/aromatic N) is 3. The molecule has 0 bridgehead atoms. The van der Waals surface area contributed by atoms with Crippen molar-refractivity contribution >= 4 is 32.8 Å². The minimum Gasteiger partial charge on any atom is -0.493 e. The second-order valence-electron chi connectivity index (χ2n) is 4.84. The first-order valence-corrected chi connectivity index (χ1v) is 7.68. The quantitative estimate of drug-likeness (QED) is 0.756. The Labute approximate surface area is 142 Å². The van der Waals surface area contributed by atoms with Gasteiger partial charge < -0.3 is 10.1 Å². The van der Waals surface area contributed by atoms with Crippen LogP contribution in [-0.4, -0.2) is 24.1 Å². The maximum atomic E-state index is 9.12. The first-order valence-electron chi connectivity index (χ1n) is 6.89. The molecule has 0 radical (unpaired) electrons. The molecule has 5 nitrogen and oxygen atoms in total. The van der Waals surface area contributed by atoms with Gasteiger partial charge in [-0.2, -0.15) is 5.26 Å². The zero-order chi connectivity index (χ0) is 16.4. The highest BCUT2D eigenvalue weighted by Crippen LogP contribution is 2.39. The molecule has 0 aliphatic heterocycles. The molecule has 0 amide bonds. The zero-order valence-electron chi connectivity index (χ0n) is 12.6. The molecule has 1 N–H and O–H groups in total. The molecule has 0 unspecified atom stereocenters. The Balaban J connectivity index is 2.35. The van der Waals surface area contributed by atoms with Crippen LogP contribution in [0.4, 0.5) is 5.95 Å². The van der Waals surface area contributed by atoms with Gasteiger partial charge in [0.15, 0.2) is 5.75 Å². The maximum Gasteiger partial charge on any atom is 0.223 e. The Morgan fingerprint density at radius 1 is 1.30 bits per heavy atom. The first-order chi connectivity index (χ1) is 11.2. The molecule has 0 saturated carbocycles. The summed E-state index contributed by atoms with van der Waals surface area (Å²) in [5, 5.41) is 12.9. The summed E-state index contributed by atoms with van der Waals surface area (Å²) in [4.78, 5) is 8.81. The standard InChI is InChI=1S/C17H13BrN4O/c1-20-17-21-9-13-12(11-5-3-4-10(6-11)8-19)7-14(18)16(23-2)15(13)22-17/h3-7,9H,1-2H3,(H,20,21,22). The number of methoxy groups -OCH3 is 1. The van der Waals surface area contributed by atoms with Crippen molar-refractivity contribution in [1.29, 1.82) is 5.26 Å². The molecule has 0 aliphatic carbocycles. The van der Waals surface area contributed by atoms with E-state index in [-0.39, 0.29) is 0 Å². The normalized spacial score (nSPS) is 10.3. The highest BCUT2D eigenvalue weighted by molar-refractivity contribution is 9.10. The highest BCUT2D eigenvalue weighted by Gasteiger charge is 2.15. The fraction of sp³-hybridized carbons (Fsp3) is 0.118. The average molecular weight is 369 g/mol. The van der Waals surface area contributed by atoms with E-state index in [1.54, 1.807) is 26.4 Å². The van der Waals surface area contributed by atoms with Gasteiger partial charge in [-0.15, -0.1) is 0 Å². The minimum atomic E-state index is 0.519. The average Bonchev–Trinajstić information content (AvgIpc) is 2.60. The number of nitrogens with one attached hydrogen (secondary N) is 1. The molecule has 3 aromatic rings. The summed E-state index contributed by atoms with van der Waals surface area (Å²) >= 11 is 3.54. The number of fused-ring (bicyclic) bond motifs is 1. The summed E-state index contributed by atoms with van der Waals surface area (Å²) in [6.45, 7) is 0. The topological polar surface area (TPSA) is 70.8 Å². The van der Waals surface area contributed by atoms with Crippen molar-refractivity contribution in [3.05, 3.63) is 46.6 Å². The molecular weight excluding hydrogens is 356 g/mol. The summed E-state index contributed by atoms with van der Waals surface area (Å²) in [5.74, 6) is 1.17. The van der Waals surface area contributed by atoms with Gasteiger partial charge in [-0.25, -0.2) is 9.97 Å². The minimum absolute atomic E-state index is 0.519. The third-order valence-corrected chi connectivity index (χ3v) is 4.10. The van der Waals surface area contributed by atoms with Crippen molar-refractivity contribution in [2.24, 2.45) is 0 Å². The lowest BCUT2D eigenvalue weighted by Gasteiger charge is -2.13. The van der Waals surface area contributed by atoms with Gasteiger partial charge >= 0.3 is 0 Å². The molecule has 0 spiro atoms. The van der Waals surface area contributed by atoms with Gasteiger partial charge in [0.25, 0.3) is 0 Å². The Morgan fingerprint density at radius 2 is 2.13 bits per heavy atom. The lowest BCUT2D eigenvalue weighted by atomic mass is 9.99. The third kappa shape index (κ3) is 2.71. The van der Waals surface area contributed by atoms with E-state index in [9.17, 15) is 0 Å². The van der Waals surface area contributed by atoms with Gasteiger partial charge in [0.2, 0.25) is 5.95 Å². The lowest BCUT2D eigenvalue weighted by molar-refractivity contribution is 0.416. The van der Waals surface area contributed by atoms with E-state index in [4.69, 9.17) is 10.00 Å². The van der Waals surface area contributed by atoms with Gasteiger partial charge in [-0.3, -0.25) is 0 Å². The number of ether oxygens (including phenoxy) is 1. The molecule has 0 fully saturated rings. The Morgan fingerprint density at radius 3 is 2.83 bits per heavy atom. The van der Waals surface area contributed by atoms with Gasteiger partial charge in [0.05, 0.1) is 23.2 Å². The summed E-state index contributed by atoms with van der Waals surface area (Å²) in [7, 11) is 3.37. The number of anilines is 1. The van der Waals surface area contributed by atoms with Crippen LogP contribution in [0.15, 0.2) is 41.0 Å². The molecule has 2 aromatic carbocycles. The molecule has 23 heavy (non-hydrogen) atoms. The Kier molecular flexibility index (Phi) is 4.13. The van der Waals surface area contributed by atoms with E-state index < -0.39 is 0 Å². The number of halogens is 1. The van der Waals surface area contributed by atoms with Crippen LogP contribution in [0.2, 0.25) is 0 Å². The molecule has 0 aliphatic rings. The smallest absolute Gasteiger partial charge is 0.223 e. The number of nitriles is 1. The Hall–Kier alpha value is -2.65. The first kappa shape index (κ1) is 15.3. The van der Waals surface area contributed by atoms with Crippen molar-refractivity contribution in [2.75, 3.05) is 19.5 Å². The lowest BCUT2D eigenvalue weighted by Crippen LogP contribution is -1.99. The SMILES string of the molecule is CNc1ncc2c(-c3cccc(C#N)c3)cc(Br)c(OC)c2n1. The molecule has 1 heterocycles. The van der Waals surface area contributed by atoms with Crippen molar-refractivity contribution in [3.8, 4) is 22.9 Å². The van der Waals surface area contributed by atoms with E-state index in [2.05, 4.69) is 37.3 Å². The monoisotopic (exact) mass is 368 g/mol. The Bertz CT molecular complexity index is 934. The van der Waals surface area contributed by atoms with Crippen molar-refractivity contribution in [3.63, 3.8) is 0 Å². The van der Waals surface area contributed by atoms with Crippen molar-refractivity contribution in [2.45, 2.75) is 0 Å². The summed E-state index contributed by atoms with van der Waals surface area (Å²) < 4.78 is 6.27. The van der Waals surface area contributed by atoms with Crippen LogP contribution in [0.5, 0.6) is 5.75 Å². The van der Waals surface area contributed by atoms with Crippen LogP contribution in [0.3, 0.4) is 0 Å². The number of hydrogen-bond donors (Lipinski definition) is 1. The van der Waals surface area contributed by atoms with E-state index >= 15 is 0 Å². The second-order valence-corrected chi connectivity index (χ2v) is 5.69. The van der Waals surface area contributed by atoms with E-state index in [0.29, 0.717) is 22.8 Å². The van der Waals surface area contributed by atoms with Crippen LogP contribution in [0.1, 0.15) is 5.56 Å².